The number of hydrogen-bond donors (Lipinski definition) is 0. The molecule has 1 fully saturated rings. The molecule has 0 radical (unpaired) electrons. The van der Waals surface area contributed by atoms with E-state index in [4.69, 9.17) is 31.5 Å². The predicted molar refractivity (Wildman–Crippen MR) is 198 cm³/mol. The molecule has 0 unspecified atom stereocenters. The van der Waals surface area contributed by atoms with Gasteiger partial charge in [0.1, 0.15) is 6.54 Å². The second-order valence-electron chi connectivity index (χ2n) is 10.5. The maximum Gasteiger partial charge on any atom is 0.416 e. The fourth-order valence-corrected chi connectivity index (χ4v) is 5.14. The summed E-state index contributed by atoms with van der Waals surface area (Å²) in [5, 5.41) is -2.37. The Hall–Kier alpha value is -4.52. The van der Waals surface area contributed by atoms with Crippen LogP contribution in [0.3, 0.4) is 0 Å². The lowest BCUT2D eigenvalue weighted by atomic mass is 10.00. The number of alkyl halides is 3. The summed E-state index contributed by atoms with van der Waals surface area (Å²) >= 11 is -0.566. The molecule has 0 atom stereocenters. The number of carbonyl (C=O) groups is 1. The van der Waals surface area contributed by atoms with Gasteiger partial charge in [-0.15, -0.1) is 11.8 Å². The molecule has 6 rings (SSSR count). The third kappa shape index (κ3) is 9.17. The van der Waals surface area contributed by atoms with Gasteiger partial charge in [-0.2, -0.15) is 13.2 Å². The number of benzene rings is 4. The van der Waals surface area contributed by atoms with Gasteiger partial charge in [-0.25, -0.2) is 8.78 Å². The van der Waals surface area contributed by atoms with Crippen LogP contribution in [0.15, 0.2) is 100 Å². The first-order valence-corrected chi connectivity index (χ1v) is 15.5. The Balaban J connectivity index is 1.76. The highest BCUT2D eigenvalue weighted by Crippen LogP contribution is 2.32. The predicted octanol–water partition coefficient (Wildman–Crippen LogP) is 8.71. The molecule has 1 aliphatic rings. The average molecular weight is 778 g/mol. The quantitative estimate of drug-likeness (QED) is 0.0938. The summed E-state index contributed by atoms with van der Waals surface area (Å²) in [4.78, 5) is 29.0. The minimum atomic E-state index is -5.53. The van der Waals surface area contributed by atoms with Crippen molar-refractivity contribution in [3.8, 4) is 11.1 Å². The first kappa shape index (κ1) is 16.5. The highest BCUT2D eigenvalue weighted by Gasteiger charge is 2.31. The Morgan fingerprint density at radius 2 is 1.70 bits per heavy atom. The van der Waals surface area contributed by atoms with Gasteiger partial charge in [-0.3, -0.25) is 9.59 Å². The number of amides is 1. The molecule has 4 aromatic carbocycles. The average Bonchev–Trinajstić information content (AvgIpc) is 2.70. The largest absolute Gasteiger partial charge is 0.416 e. The molecule has 1 amide bonds. The van der Waals surface area contributed by atoms with Crippen LogP contribution in [0.5, 0.6) is 0 Å². The molecule has 0 N–H and O–H groups in total. The van der Waals surface area contributed by atoms with Crippen LogP contribution in [-0.4, -0.2) is 59.5 Å². The molecule has 278 valence electrons. The van der Waals surface area contributed by atoms with Crippen LogP contribution in [-0.2, 0) is 34.5 Å². The van der Waals surface area contributed by atoms with E-state index in [2.05, 4.69) is 4.74 Å². The van der Waals surface area contributed by atoms with Gasteiger partial charge in [-0.05, 0) is 66.6 Å². The lowest BCUT2D eigenvalue weighted by molar-refractivity contribution is -0.137. The number of carbonyl (C=O) groups excluding carboxylic acids is 1. The summed E-state index contributed by atoms with van der Waals surface area (Å²) < 4.78 is 322. The Labute approximate surface area is 348 Å². The third-order valence-corrected chi connectivity index (χ3v) is 7.73. The maximum atomic E-state index is 15.7. The molecule has 0 aliphatic carbocycles. The monoisotopic (exact) mass is 777 g/mol. The standard InChI is InChI=1S/C41H40F5N3O3S/c1-27-6-15-36-34(22-27)37(50)23-39(53-26-31-4-3-5-35(42)40(31)43)49(36)25-38(51)48(33-16-18-47(19-17-33)20-21-52-2)24-28-7-9-29(10-8-28)30-11-13-32(14-12-30)41(44,45)46/h3-15,22-23,33H,16-21,24-26H2,1-2H3/i3D,4D,5D,6D,7D,8D,9D,10D,11D,12D,13D,14D,15D,16D2,17D2,18D2,19D2,21D2,22D,23D,26D2,33D. The fourth-order valence-electron chi connectivity index (χ4n) is 4.39. The topological polar surface area (TPSA) is 54.8 Å². The zero-order valence-corrected chi connectivity index (χ0v) is 27.8. The lowest BCUT2D eigenvalue weighted by Crippen LogP contribution is -2.48. The molecule has 1 aliphatic heterocycles. The van der Waals surface area contributed by atoms with Crippen LogP contribution in [0.1, 0.15) is 73.4 Å². The van der Waals surface area contributed by atoms with Gasteiger partial charge in [0.2, 0.25) is 5.91 Å². The van der Waals surface area contributed by atoms with Crippen LogP contribution >= 0.6 is 11.8 Å². The lowest BCUT2D eigenvalue weighted by Gasteiger charge is -2.39. The van der Waals surface area contributed by atoms with Gasteiger partial charge < -0.3 is 19.1 Å². The van der Waals surface area contributed by atoms with E-state index >= 15 is 13.6 Å². The number of likely N-dealkylation sites (tertiary alicyclic amines) is 1. The number of thioether (sulfide) groups is 1. The van der Waals surface area contributed by atoms with Crippen LogP contribution in [0.2, 0.25) is 0 Å². The second-order valence-corrected chi connectivity index (χ2v) is 11.3. The highest BCUT2D eigenvalue weighted by molar-refractivity contribution is 7.98. The van der Waals surface area contributed by atoms with Gasteiger partial charge in [0.05, 0.1) is 47.3 Å². The van der Waals surface area contributed by atoms with Crippen molar-refractivity contribution in [3.63, 3.8) is 0 Å². The van der Waals surface area contributed by atoms with Crippen LogP contribution in [0.25, 0.3) is 22.0 Å². The number of piperidine rings is 1. The summed E-state index contributed by atoms with van der Waals surface area (Å²) in [5.41, 5.74) is -14.6. The number of halogens is 5. The van der Waals surface area contributed by atoms with Crippen molar-refractivity contribution in [2.45, 2.75) is 55.7 Å². The van der Waals surface area contributed by atoms with Crippen molar-refractivity contribution >= 4 is 28.6 Å². The molecule has 12 heteroatoms. The van der Waals surface area contributed by atoms with Gasteiger partial charge in [-0.1, -0.05) is 59.9 Å². The van der Waals surface area contributed by atoms with Crippen molar-refractivity contribution in [2.24, 2.45) is 0 Å². The van der Waals surface area contributed by atoms with Crippen LogP contribution < -0.4 is 5.43 Å². The van der Waals surface area contributed by atoms with E-state index in [9.17, 15) is 24.8 Å². The van der Waals surface area contributed by atoms with Crippen LogP contribution in [0.4, 0.5) is 22.0 Å². The van der Waals surface area contributed by atoms with E-state index in [1.54, 1.807) is 0 Å². The molecule has 53 heavy (non-hydrogen) atoms. The molecule has 0 saturated carbocycles. The summed E-state index contributed by atoms with van der Waals surface area (Å²) in [6.07, 6.45) is -14.6. The summed E-state index contributed by atoms with van der Waals surface area (Å²) in [6, 6.07) is -26.3. The van der Waals surface area contributed by atoms with E-state index in [0.717, 1.165) is 6.92 Å². The molecular formula is C41H40F5N3O3S. The molecule has 5 aromatic rings. The Bertz CT molecular complexity index is 3470. The first-order chi connectivity index (χ1) is 36.5. The summed E-state index contributed by atoms with van der Waals surface area (Å²) in [5.74, 6) is -6.62. The number of pyridine rings is 1. The van der Waals surface area contributed by atoms with Crippen molar-refractivity contribution in [1.29, 1.82) is 0 Å². The summed E-state index contributed by atoms with van der Waals surface area (Å²) in [6.45, 7) is -16.3. The molecule has 2 heterocycles. The molecule has 1 saturated heterocycles. The SMILES string of the molecule is [2H]c1c([2H])c(F)c(F)c(C([2H])([2H])Sc2c([2H])c(=O)c3c([2H])c(C)c([2H])c([2H])c3n2CC(=O)N(Cc2c([2H])c([2H])c(-c3c([2H])c([2H])c(C(F)(F)F)c([2H])c3[2H])c([2H])c2[2H])C2([2H])C([2H])([2H])C([2H])([2H])N(CC([2H])([2H])OC)C([2H])([2H])C2([2H])[2H])c1[2H]. The van der Waals surface area contributed by atoms with Crippen molar-refractivity contribution < 1.29 is 69.9 Å². The van der Waals surface area contributed by atoms with Gasteiger partial charge in [0.15, 0.2) is 17.1 Å². The smallest absolute Gasteiger partial charge is 0.383 e. The van der Waals surface area contributed by atoms with Crippen LogP contribution in [0, 0.1) is 18.6 Å². The van der Waals surface area contributed by atoms with E-state index in [1.807, 2.05) is 0 Å². The number of ether oxygens (including phenoxy) is 1. The second kappa shape index (κ2) is 16.7. The Morgan fingerprint density at radius 1 is 1.02 bits per heavy atom. The molecule has 0 spiro atoms. The Kier molecular flexibility index (Phi) is 5.17. The van der Waals surface area contributed by atoms with E-state index in [1.165, 1.54) is 0 Å². The number of fused-ring (bicyclic) bond motifs is 1. The third-order valence-electron chi connectivity index (χ3n) is 6.90. The number of rotatable bonds is 12. The van der Waals surface area contributed by atoms with Gasteiger partial charge in [0.25, 0.3) is 0 Å². The molecule has 1 aromatic heterocycles. The maximum absolute atomic E-state index is 15.7. The minimum absolute atomic E-state index is 0.193. The van der Waals surface area contributed by atoms with Gasteiger partial charge >= 0.3 is 6.18 Å². The fraction of sp³-hybridized carbons (Fsp3) is 0.317. The van der Waals surface area contributed by atoms with Crippen molar-refractivity contribution in [2.75, 3.05) is 33.2 Å². The molecule has 6 nitrogen and oxygen atoms in total. The van der Waals surface area contributed by atoms with Crippen molar-refractivity contribution in [1.82, 2.24) is 14.4 Å². The van der Waals surface area contributed by atoms with Crippen molar-refractivity contribution in [3.05, 3.63) is 135 Å². The highest BCUT2D eigenvalue weighted by atomic mass is 32.2. The minimum Gasteiger partial charge on any atom is -0.383 e. The zero-order valence-electron chi connectivity index (χ0n) is 55.0. The molecule has 0 bridgehead atoms. The van der Waals surface area contributed by atoms with E-state index in [0.29, 0.717) is 7.11 Å². The van der Waals surface area contributed by atoms with E-state index in [-0.39, 0.29) is 9.47 Å². The Morgan fingerprint density at radius 3 is 2.36 bits per heavy atom. The molecular weight excluding hydrogens is 710 g/mol. The zero-order chi connectivity index (χ0) is 62.4. The number of methoxy groups -OCH3 is 1. The first-order valence-electron chi connectivity index (χ1n) is 28.7. The van der Waals surface area contributed by atoms with Gasteiger partial charge in [0, 0.05) is 75.6 Å². The number of nitrogens with zero attached hydrogens (tertiary/aromatic N) is 3. The number of hydrogen-bond acceptors (Lipinski definition) is 5. The van der Waals surface area contributed by atoms with E-state index < -0.39 is 249 Å². The summed E-state index contributed by atoms with van der Waals surface area (Å²) in [7, 11) is 0.695. The number of aromatic nitrogens is 1. The normalized spacial score (nSPS) is 26.7.